The molecule has 0 saturated heterocycles. The van der Waals surface area contributed by atoms with E-state index in [1.54, 1.807) is 0 Å². The van der Waals surface area contributed by atoms with Crippen LogP contribution in [0.4, 0.5) is 0 Å². The molecule has 368 valence electrons. The first-order chi connectivity index (χ1) is 30.5. The standard InChI is InChI=1S/C56H109NO5/c1-3-5-7-9-11-13-15-17-19-21-23-25-27-29-32-36-40-44-48-54(59)53(52-58)57-55(60)49-45-41-37-33-31-35-39-43-47-51-62-56(61)50-46-42-38-34-30-28-26-24-22-20-18-16-14-12-10-8-6-4-2/h20,22,53-54,58-59H,3-19,21,23-52H2,1-2H3,(H,57,60)/b22-20-. The van der Waals surface area contributed by atoms with E-state index in [-0.39, 0.29) is 18.5 Å². The van der Waals surface area contributed by atoms with E-state index in [0.717, 1.165) is 57.8 Å². The number of esters is 1. The van der Waals surface area contributed by atoms with Crippen LogP contribution in [0.2, 0.25) is 0 Å². The van der Waals surface area contributed by atoms with Crippen LogP contribution >= 0.6 is 0 Å². The van der Waals surface area contributed by atoms with Crippen LogP contribution in [0.3, 0.4) is 0 Å². The van der Waals surface area contributed by atoms with Gasteiger partial charge >= 0.3 is 5.97 Å². The Hall–Kier alpha value is -1.40. The van der Waals surface area contributed by atoms with Crippen LogP contribution in [0.25, 0.3) is 0 Å². The Kier molecular flexibility index (Phi) is 51.0. The molecular weight excluding hydrogens is 767 g/mol. The van der Waals surface area contributed by atoms with E-state index in [4.69, 9.17) is 4.74 Å². The van der Waals surface area contributed by atoms with Crippen molar-refractivity contribution in [2.45, 2.75) is 321 Å². The Bertz CT molecular complexity index is 924. The predicted octanol–water partition coefficient (Wildman–Crippen LogP) is 16.9. The molecular formula is C56H109NO5. The molecule has 0 rings (SSSR count). The number of nitrogens with one attached hydrogen (secondary N) is 1. The SMILES string of the molecule is CCCCCCCCC/C=C\CCCCCCCCCC(=O)OCCCCCCCCCCCC(=O)NC(CO)C(O)CCCCCCCCCCCCCCCCCCCC. The first-order valence-corrected chi connectivity index (χ1v) is 27.9. The van der Waals surface area contributed by atoms with Gasteiger partial charge in [-0.1, -0.05) is 257 Å². The summed E-state index contributed by atoms with van der Waals surface area (Å²) >= 11 is 0. The molecule has 3 N–H and O–H groups in total. The Morgan fingerprint density at radius 3 is 1.15 bits per heavy atom. The van der Waals surface area contributed by atoms with Crippen LogP contribution in [0.1, 0.15) is 309 Å². The molecule has 62 heavy (non-hydrogen) atoms. The fourth-order valence-electron chi connectivity index (χ4n) is 8.75. The second kappa shape index (κ2) is 52.2. The van der Waals surface area contributed by atoms with E-state index in [1.165, 1.54) is 218 Å². The first-order valence-electron chi connectivity index (χ1n) is 27.9. The van der Waals surface area contributed by atoms with Gasteiger partial charge < -0.3 is 20.3 Å². The van der Waals surface area contributed by atoms with Crippen molar-refractivity contribution >= 4 is 11.9 Å². The molecule has 0 saturated carbocycles. The van der Waals surface area contributed by atoms with Gasteiger partial charge in [0.2, 0.25) is 5.91 Å². The minimum absolute atomic E-state index is 0.0269. The lowest BCUT2D eigenvalue weighted by atomic mass is 10.0. The highest BCUT2D eigenvalue weighted by Crippen LogP contribution is 2.17. The highest BCUT2D eigenvalue weighted by molar-refractivity contribution is 5.76. The van der Waals surface area contributed by atoms with Gasteiger partial charge in [-0.05, 0) is 51.4 Å². The molecule has 0 spiro atoms. The van der Waals surface area contributed by atoms with Crippen molar-refractivity contribution in [1.82, 2.24) is 5.32 Å². The highest BCUT2D eigenvalue weighted by atomic mass is 16.5. The van der Waals surface area contributed by atoms with Gasteiger partial charge in [0.1, 0.15) is 0 Å². The van der Waals surface area contributed by atoms with Crippen molar-refractivity contribution < 1.29 is 24.5 Å². The third-order valence-corrected chi connectivity index (χ3v) is 13.1. The van der Waals surface area contributed by atoms with Crippen LogP contribution in [0, 0.1) is 0 Å². The minimum Gasteiger partial charge on any atom is -0.466 e. The van der Waals surface area contributed by atoms with Crippen molar-refractivity contribution in [2.24, 2.45) is 0 Å². The molecule has 0 aromatic heterocycles. The summed E-state index contributed by atoms with van der Waals surface area (Å²) < 4.78 is 5.47. The summed E-state index contributed by atoms with van der Waals surface area (Å²) in [7, 11) is 0. The summed E-state index contributed by atoms with van der Waals surface area (Å²) in [5, 5.41) is 23.3. The average Bonchev–Trinajstić information content (AvgIpc) is 3.27. The monoisotopic (exact) mass is 876 g/mol. The lowest BCUT2D eigenvalue weighted by Crippen LogP contribution is -2.45. The molecule has 0 aromatic carbocycles. The molecule has 0 fully saturated rings. The molecule has 0 heterocycles. The molecule has 0 aliphatic rings. The van der Waals surface area contributed by atoms with E-state index >= 15 is 0 Å². The number of aliphatic hydroxyl groups excluding tert-OH is 2. The van der Waals surface area contributed by atoms with E-state index in [2.05, 4.69) is 31.3 Å². The maximum atomic E-state index is 12.5. The minimum atomic E-state index is -0.682. The molecule has 0 bridgehead atoms. The van der Waals surface area contributed by atoms with Crippen molar-refractivity contribution in [1.29, 1.82) is 0 Å². The molecule has 0 aliphatic carbocycles. The third-order valence-electron chi connectivity index (χ3n) is 13.1. The number of aliphatic hydroxyl groups is 2. The predicted molar refractivity (Wildman–Crippen MR) is 269 cm³/mol. The number of carbonyl (C=O) groups excluding carboxylic acids is 2. The van der Waals surface area contributed by atoms with Gasteiger partial charge in [-0.2, -0.15) is 0 Å². The molecule has 6 nitrogen and oxygen atoms in total. The van der Waals surface area contributed by atoms with Crippen LogP contribution in [-0.4, -0.2) is 47.4 Å². The molecule has 6 heteroatoms. The van der Waals surface area contributed by atoms with Gasteiger partial charge in [0.05, 0.1) is 25.4 Å². The largest absolute Gasteiger partial charge is 0.466 e. The van der Waals surface area contributed by atoms with Crippen molar-refractivity contribution in [3.63, 3.8) is 0 Å². The van der Waals surface area contributed by atoms with Gasteiger partial charge in [0.15, 0.2) is 0 Å². The number of allylic oxidation sites excluding steroid dienone is 2. The second-order valence-corrected chi connectivity index (χ2v) is 19.3. The summed E-state index contributed by atoms with van der Waals surface area (Å²) in [6, 6.07) is -0.561. The van der Waals surface area contributed by atoms with Crippen molar-refractivity contribution in [3.05, 3.63) is 12.2 Å². The average molecular weight is 876 g/mol. The fraction of sp³-hybridized carbons (Fsp3) is 0.929. The zero-order chi connectivity index (χ0) is 45.1. The summed E-state index contributed by atoms with van der Waals surface area (Å²) in [5.74, 6) is -0.0869. The fourth-order valence-corrected chi connectivity index (χ4v) is 8.75. The Balaban J connectivity index is 3.47. The van der Waals surface area contributed by atoms with Crippen molar-refractivity contribution in [3.8, 4) is 0 Å². The summed E-state index contributed by atoms with van der Waals surface area (Å²) in [5.41, 5.74) is 0. The van der Waals surface area contributed by atoms with Crippen LogP contribution in [0.15, 0.2) is 12.2 Å². The van der Waals surface area contributed by atoms with Crippen molar-refractivity contribution in [2.75, 3.05) is 13.2 Å². The van der Waals surface area contributed by atoms with Crippen LogP contribution in [-0.2, 0) is 14.3 Å². The quantitative estimate of drug-likeness (QED) is 0.0321. The number of carbonyl (C=O) groups is 2. The van der Waals surface area contributed by atoms with Crippen LogP contribution < -0.4 is 5.32 Å². The Labute approximate surface area is 387 Å². The lowest BCUT2D eigenvalue weighted by Gasteiger charge is -2.22. The van der Waals surface area contributed by atoms with Gasteiger partial charge in [-0.3, -0.25) is 9.59 Å². The van der Waals surface area contributed by atoms with Gasteiger partial charge in [0, 0.05) is 12.8 Å². The van der Waals surface area contributed by atoms with E-state index < -0.39 is 12.1 Å². The molecule has 2 unspecified atom stereocenters. The highest BCUT2D eigenvalue weighted by Gasteiger charge is 2.20. The number of ether oxygens (including phenoxy) is 1. The summed E-state index contributed by atoms with van der Waals surface area (Å²) in [4.78, 5) is 24.6. The maximum Gasteiger partial charge on any atom is 0.305 e. The zero-order valence-corrected chi connectivity index (χ0v) is 41.9. The van der Waals surface area contributed by atoms with Gasteiger partial charge in [-0.25, -0.2) is 0 Å². The first kappa shape index (κ1) is 60.6. The van der Waals surface area contributed by atoms with E-state index in [9.17, 15) is 19.8 Å². The Morgan fingerprint density at radius 1 is 0.435 bits per heavy atom. The maximum absolute atomic E-state index is 12.5. The third kappa shape index (κ3) is 48.1. The van der Waals surface area contributed by atoms with E-state index in [1.807, 2.05) is 0 Å². The number of rotatable bonds is 52. The molecule has 0 aliphatic heterocycles. The van der Waals surface area contributed by atoms with Gasteiger partial charge in [0.25, 0.3) is 0 Å². The second-order valence-electron chi connectivity index (χ2n) is 19.3. The topological polar surface area (TPSA) is 95.9 Å². The number of unbranched alkanes of at least 4 members (excludes halogenated alkanes) is 39. The molecule has 1 amide bonds. The van der Waals surface area contributed by atoms with Gasteiger partial charge in [-0.15, -0.1) is 0 Å². The lowest BCUT2D eigenvalue weighted by molar-refractivity contribution is -0.143. The molecule has 0 radical (unpaired) electrons. The number of hydrogen-bond donors (Lipinski definition) is 3. The van der Waals surface area contributed by atoms with E-state index in [0.29, 0.717) is 25.9 Å². The smallest absolute Gasteiger partial charge is 0.305 e. The Morgan fingerprint density at radius 2 is 0.758 bits per heavy atom. The molecule has 2 atom stereocenters. The summed E-state index contributed by atoms with van der Waals surface area (Å²) in [6.45, 7) is 4.91. The zero-order valence-electron chi connectivity index (χ0n) is 41.9. The number of hydrogen-bond acceptors (Lipinski definition) is 5. The number of amides is 1. The summed E-state index contributed by atoms with van der Waals surface area (Å²) in [6.07, 6.45) is 60.5. The normalized spacial score (nSPS) is 12.6. The molecule has 0 aromatic rings. The van der Waals surface area contributed by atoms with Crippen LogP contribution in [0.5, 0.6) is 0 Å².